The first-order valence-electron chi connectivity index (χ1n) is 7.60. The molecule has 0 bridgehead atoms. The molecule has 114 valence electrons. The van der Waals surface area contributed by atoms with Crippen molar-refractivity contribution in [3.8, 4) is 0 Å². The topological polar surface area (TPSA) is 54.2 Å². The number of benzene rings is 1. The van der Waals surface area contributed by atoms with Crippen molar-refractivity contribution in [2.45, 2.75) is 55.9 Å². The van der Waals surface area contributed by atoms with Crippen LogP contribution in [0.2, 0.25) is 0 Å². The van der Waals surface area contributed by atoms with Gasteiger partial charge in [-0.05, 0) is 31.9 Å². The monoisotopic (exact) mass is 307 g/mol. The molecule has 1 saturated heterocycles. The molecule has 0 aromatic heterocycles. The molecule has 1 spiro atoms. The highest BCUT2D eigenvalue weighted by Gasteiger charge is 2.62. The van der Waals surface area contributed by atoms with Gasteiger partial charge in [-0.3, -0.25) is 4.79 Å². The van der Waals surface area contributed by atoms with E-state index in [1.807, 2.05) is 6.92 Å². The zero-order valence-electron chi connectivity index (χ0n) is 12.3. The maximum atomic E-state index is 12.7. The molecule has 4 nitrogen and oxygen atoms in total. The number of nitrogens with zero attached hydrogens (tertiary/aromatic N) is 1. The molecular formula is C16H21NO3S. The van der Waals surface area contributed by atoms with Gasteiger partial charge in [-0.2, -0.15) is 4.31 Å². The van der Waals surface area contributed by atoms with Crippen molar-refractivity contribution in [1.29, 1.82) is 0 Å². The summed E-state index contributed by atoms with van der Waals surface area (Å²) in [7, 11) is -3.54. The first kappa shape index (κ1) is 14.7. The standard InChI is InChI=1S/C16H21NO3S/c1-13-7-9-14(10-8-13)21(19,20)17-12-16(17)11-5-3-2-4-6-15(16)18/h7-10H,2-6,11-12H2,1H3. The SMILES string of the molecule is Cc1ccc(S(=O)(=O)N2CC23CCCCCCC3=O)cc1. The number of rotatable bonds is 2. The first-order chi connectivity index (χ1) is 9.97. The molecule has 5 heteroatoms. The fourth-order valence-corrected chi connectivity index (χ4v) is 4.99. The molecule has 1 aromatic rings. The highest BCUT2D eigenvalue weighted by molar-refractivity contribution is 7.89. The summed E-state index contributed by atoms with van der Waals surface area (Å²) >= 11 is 0. The van der Waals surface area contributed by atoms with Gasteiger partial charge in [0.2, 0.25) is 10.0 Å². The Labute approximate surface area is 126 Å². The Hall–Kier alpha value is -1.20. The summed E-state index contributed by atoms with van der Waals surface area (Å²) in [6.07, 6.45) is 5.18. The van der Waals surface area contributed by atoms with Crippen molar-refractivity contribution in [2.24, 2.45) is 0 Å². The molecule has 1 saturated carbocycles. The van der Waals surface area contributed by atoms with E-state index in [1.165, 1.54) is 4.31 Å². The number of hydrogen-bond donors (Lipinski definition) is 0. The van der Waals surface area contributed by atoms with E-state index in [0.717, 1.165) is 31.2 Å². The molecule has 1 aliphatic heterocycles. The summed E-state index contributed by atoms with van der Waals surface area (Å²) in [6.45, 7) is 2.29. The van der Waals surface area contributed by atoms with Gasteiger partial charge >= 0.3 is 0 Å². The van der Waals surface area contributed by atoms with E-state index >= 15 is 0 Å². The smallest absolute Gasteiger partial charge is 0.244 e. The third-order valence-corrected chi connectivity index (χ3v) is 6.58. The lowest BCUT2D eigenvalue weighted by molar-refractivity contribution is -0.122. The Balaban J connectivity index is 1.87. The number of sulfonamides is 1. The fraction of sp³-hybridized carbons (Fsp3) is 0.562. The normalized spacial score (nSPS) is 30.0. The van der Waals surface area contributed by atoms with Gasteiger partial charge < -0.3 is 0 Å². The quantitative estimate of drug-likeness (QED) is 0.789. The molecule has 1 aromatic carbocycles. The van der Waals surface area contributed by atoms with Crippen molar-refractivity contribution in [1.82, 2.24) is 4.31 Å². The van der Waals surface area contributed by atoms with E-state index < -0.39 is 15.6 Å². The zero-order valence-corrected chi connectivity index (χ0v) is 13.2. The van der Waals surface area contributed by atoms with Crippen LogP contribution in [0.15, 0.2) is 29.2 Å². The molecule has 2 unspecified atom stereocenters. The number of ketones is 1. The van der Waals surface area contributed by atoms with Crippen molar-refractivity contribution in [3.63, 3.8) is 0 Å². The van der Waals surface area contributed by atoms with Crippen LogP contribution in [0.4, 0.5) is 0 Å². The van der Waals surface area contributed by atoms with Crippen molar-refractivity contribution >= 4 is 15.8 Å². The summed E-state index contributed by atoms with van der Waals surface area (Å²) < 4.78 is 26.8. The Kier molecular flexibility index (Phi) is 3.66. The molecule has 2 aliphatic rings. The third kappa shape index (κ3) is 2.53. The minimum absolute atomic E-state index is 0.109. The second-order valence-electron chi connectivity index (χ2n) is 6.19. The molecule has 2 atom stereocenters. The van der Waals surface area contributed by atoms with Crippen LogP contribution in [0.5, 0.6) is 0 Å². The lowest BCUT2D eigenvalue weighted by Crippen LogP contribution is -2.33. The van der Waals surface area contributed by atoms with Crippen LogP contribution in [0, 0.1) is 6.92 Å². The fourth-order valence-electron chi connectivity index (χ4n) is 3.21. The highest BCUT2D eigenvalue weighted by atomic mass is 32.2. The number of carbonyl (C=O) groups excluding carboxylic acids is 1. The largest absolute Gasteiger partial charge is 0.298 e. The van der Waals surface area contributed by atoms with Gasteiger partial charge in [-0.1, -0.05) is 37.0 Å². The summed E-state index contributed by atoms with van der Waals surface area (Å²) in [5, 5.41) is 0. The molecule has 1 heterocycles. The van der Waals surface area contributed by atoms with Crippen LogP contribution in [0.25, 0.3) is 0 Å². The number of carbonyl (C=O) groups is 1. The lowest BCUT2D eigenvalue weighted by Gasteiger charge is -2.19. The molecule has 1 aliphatic carbocycles. The van der Waals surface area contributed by atoms with E-state index in [1.54, 1.807) is 24.3 Å². The maximum absolute atomic E-state index is 12.7. The van der Waals surface area contributed by atoms with Crippen LogP contribution < -0.4 is 0 Å². The minimum Gasteiger partial charge on any atom is -0.298 e. The van der Waals surface area contributed by atoms with E-state index in [4.69, 9.17) is 0 Å². The Morgan fingerprint density at radius 2 is 1.71 bits per heavy atom. The van der Waals surface area contributed by atoms with Crippen molar-refractivity contribution < 1.29 is 13.2 Å². The van der Waals surface area contributed by atoms with Gasteiger partial charge in [0, 0.05) is 13.0 Å². The van der Waals surface area contributed by atoms with Gasteiger partial charge in [-0.15, -0.1) is 0 Å². The third-order valence-electron chi connectivity index (χ3n) is 4.65. The van der Waals surface area contributed by atoms with Crippen LogP contribution in [-0.4, -0.2) is 30.6 Å². The summed E-state index contributed by atoms with van der Waals surface area (Å²) in [4.78, 5) is 12.7. The second-order valence-corrected chi connectivity index (χ2v) is 8.06. The lowest BCUT2D eigenvalue weighted by atomic mass is 9.90. The molecule has 21 heavy (non-hydrogen) atoms. The number of hydrogen-bond acceptors (Lipinski definition) is 3. The van der Waals surface area contributed by atoms with Crippen LogP contribution >= 0.6 is 0 Å². The Morgan fingerprint density at radius 1 is 1.05 bits per heavy atom. The highest BCUT2D eigenvalue weighted by Crippen LogP contribution is 2.45. The predicted molar refractivity (Wildman–Crippen MR) is 80.5 cm³/mol. The molecule has 0 amide bonds. The van der Waals surface area contributed by atoms with E-state index in [9.17, 15) is 13.2 Å². The molecule has 0 radical (unpaired) electrons. The predicted octanol–water partition coefficient (Wildman–Crippen LogP) is 2.66. The van der Waals surface area contributed by atoms with Gasteiger partial charge in [0.25, 0.3) is 0 Å². The van der Waals surface area contributed by atoms with Crippen LogP contribution in [0.1, 0.15) is 44.1 Å². The molecule has 3 rings (SSSR count). The van der Waals surface area contributed by atoms with Gasteiger partial charge in [0.05, 0.1) is 4.90 Å². The Bertz CT molecular complexity index is 651. The van der Waals surface area contributed by atoms with Crippen molar-refractivity contribution in [2.75, 3.05) is 6.54 Å². The minimum atomic E-state index is -3.54. The van der Waals surface area contributed by atoms with Crippen molar-refractivity contribution in [3.05, 3.63) is 29.8 Å². The van der Waals surface area contributed by atoms with Gasteiger partial charge in [0.15, 0.2) is 5.78 Å². The average Bonchev–Trinajstić information content (AvgIpc) is 3.18. The van der Waals surface area contributed by atoms with Crippen LogP contribution in [-0.2, 0) is 14.8 Å². The summed E-state index contributed by atoms with van der Waals surface area (Å²) in [5.74, 6) is 0.109. The molecule has 0 N–H and O–H groups in total. The van der Waals surface area contributed by atoms with E-state index in [2.05, 4.69) is 0 Å². The van der Waals surface area contributed by atoms with Gasteiger partial charge in [-0.25, -0.2) is 8.42 Å². The van der Waals surface area contributed by atoms with E-state index in [-0.39, 0.29) is 5.78 Å². The molecule has 2 fully saturated rings. The zero-order chi connectivity index (χ0) is 15.1. The van der Waals surface area contributed by atoms with E-state index in [0.29, 0.717) is 24.3 Å². The Morgan fingerprint density at radius 3 is 2.43 bits per heavy atom. The van der Waals surface area contributed by atoms with Gasteiger partial charge in [0.1, 0.15) is 5.54 Å². The first-order valence-corrected chi connectivity index (χ1v) is 9.04. The average molecular weight is 307 g/mol. The number of Topliss-reactive ketones (excluding diaryl/α,β-unsaturated/α-hetero) is 1. The number of aryl methyl sites for hydroxylation is 1. The van der Waals surface area contributed by atoms with Crippen LogP contribution in [0.3, 0.4) is 0 Å². The second kappa shape index (κ2) is 5.21. The maximum Gasteiger partial charge on any atom is 0.244 e. The molecular weight excluding hydrogens is 286 g/mol. The summed E-state index contributed by atoms with van der Waals surface area (Å²) in [5.41, 5.74) is 0.293. The summed E-state index contributed by atoms with van der Waals surface area (Å²) in [6, 6.07) is 6.85.